The summed E-state index contributed by atoms with van der Waals surface area (Å²) >= 11 is 11.9. The van der Waals surface area contributed by atoms with E-state index in [-0.39, 0.29) is 5.56 Å². The number of aromatic nitrogens is 1. The molecule has 0 amide bonds. The third-order valence-corrected chi connectivity index (χ3v) is 6.05. The summed E-state index contributed by atoms with van der Waals surface area (Å²) in [7, 11) is 0. The maximum Gasteiger partial charge on any atom is 0.250 e. The van der Waals surface area contributed by atoms with Crippen molar-refractivity contribution in [2.45, 2.75) is 25.8 Å². The van der Waals surface area contributed by atoms with Crippen molar-refractivity contribution in [3.8, 4) is 0 Å². The summed E-state index contributed by atoms with van der Waals surface area (Å²) in [5, 5.41) is 4.81. The van der Waals surface area contributed by atoms with Crippen molar-refractivity contribution < 1.29 is 0 Å². The van der Waals surface area contributed by atoms with Gasteiger partial charge in [-0.05, 0) is 55.2 Å². The second-order valence-electron chi connectivity index (χ2n) is 6.95. The summed E-state index contributed by atoms with van der Waals surface area (Å²) in [6, 6.07) is 11.4. The highest BCUT2D eigenvalue weighted by Gasteiger charge is 2.35. The molecule has 0 aliphatic carbocycles. The zero-order valence-electron chi connectivity index (χ0n) is 14.0. The first-order valence-electron chi connectivity index (χ1n) is 8.53. The van der Waals surface area contributed by atoms with Crippen LogP contribution in [0.2, 0.25) is 5.02 Å². The molecule has 4 rings (SSSR count). The Kier molecular flexibility index (Phi) is 4.29. The van der Waals surface area contributed by atoms with E-state index >= 15 is 0 Å². The Morgan fingerprint density at radius 3 is 2.84 bits per heavy atom. The van der Waals surface area contributed by atoms with Crippen LogP contribution in [-0.4, -0.2) is 27.7 Å². The number of halogens is 1. The van der Waals surface area contributed by atoms with Crippen LogP contribution >= 0.6 is 23.8 Å². The predicted molar refractivity (Wildman–Crippen MR) is 106 cm³/mol. The molecule has 0 radical (unpaired) electrons. The lowest BCUT2D eigenvalue weighted by Gasteiger charge is -2.43. The smallest absolute Gasteiger partial charge is 0.250 e. The molecule has 0 spiro atoms. The van der Waals surface area contributed by atoms with E-state index in [1.165, 1.54) is 0 Å². The molecule has 1 aromatic heterocycles. The molecule has 6 heteroatoms. The lowest BCUT2D eigenvalue weighted by atomic mass is 9.83. The van der Waals surface area contributed by atoms with Gasteiger partial charge in [-0.25, -0.2) is 0 Å². The molecule has 0 saturated carbocycles. The Bertz CT molecular complexity index is 894. The van der Waals surface area contributed by atoms with Crippen LogP contribution in [0.5, 0.6) is 0 Å². The number of fused-ring (bicyclic) bond motifs is 4. The number of thiocarbonyl (C=S) groups is 1. The molecule has 2 aliphatic rings. The van der Waals surface area contributed by atoms with Gasteiger partial charge < -0.3 is 14.8 Å². The van der Waals surface area contributed by atoms with Gasteiger partial charge in [-0.2, -0.15) is 0 Å². The highest BCUT2D eigenvalue weighted by Crippen LogP contribution is 2.35. The maximum absolute atomic E-state index is 12.1. The van der Waals surface area contributed by atoms with Crippen molar-refractivity contribution >= 4 is 34.6 Å². The summed E-state index contributed by atoms with van der Waals surface area (Å²) in [5.74, 6) is 0.799. The summed E-state index contributed by atoms with van der Waals surface area (Å²) < 4.78 is 1.94. The fourth-order valence-electron chi connectivity index (χ4n) is 4.00. The molecule has 1 aromatic carbocycles. The number of hydrogen-bond donors (Lipinski definition) is 1. The zero-order valence-corrected chi connectivity index (χ0v) is 15.6. The standard InChI is InChI=1S/C19H20ClN3OS/c1-12-15(20)4-2-5-16(12)21-19(25)22-9-13-8-14(11-22)17-6-3-7-18(24)23(17)10-13/h2-7,13-14H,8-11H2,1H3,(H,21,25). The van der Waals surface area contributed by atoms with Crippen LogP contribution in [0.25, 0.3) is 0 Å². The fourth-order valence-corrected chi connectivity index (χ4v) is 4.43. The van der Waals surface area contributed by atoms with Gasteiger partial charge in [0.1, 0.15) is 0 Å². The Morgan fingerprint density at radius 1 is 1.20 bits per heavy atom. The first kappa shape index (κ1) is 16.6. The molecule has 4 nitrogen and oxygen atoms in total. The molecule has 130 valence electrons. The summed E-state index contributed by atoms with van der Waals surface area (Å²) in [6.07, 6.45) is 1.12. The molecule has 3 heterocycles. The zero-order chi connectivity index (χ0) is 17.6. The minimum atomic E-state index is 0.107. The van der Waals surface area contributed by atoms with Gasteiger partial charge in [0, 0.05) is 48.0 Å². The first-order chi connectivity index (χ1) is 12.0. The average molecular weight is 374 g/mol. The van der Waals surface area contributed by atoms with E-state index in [0.29, 0.717) is 11.8 Å². The molecule has 2 bridgehead atoms. The van der Waals surface area contributed by atoms with Crippen LogP contribution in [0.3, 0.4) is 0 Å². The molecule has 2 aromatic rings. The minimum absolute atomic E-state index is 0.107. The first-order valence-corrected chi connectivity index (χ1v) is 9.32. The third-order valence-electron chi connectivity index (χ3n) is 5.28. The Hall–Kier alpha value is -1.85. The Labute approximate surface area is 157 Å². The molecular formula is C19H20ClN3OS. The number of nitrogens with zero attached hydrogens (tertiary/aromatic N) is 2. The lowest BCUT2D eigenvalue weighted by Crippen LogP contribution is -2.50. The third kappa shape index (κ3) is 3.07. The fraction of sp³-hybridized carbons (Fsp3) is 0.368. The van der Waals surface area contributed by atoms with E-state index in [1.54, 1.807) is 6.07 Å². The summed E-state index contributed by atoms with van der Waals surface area (Å²) in [5.41, 5.74) is 3.19. The lowest BCUT2D eigenvalue weighted by molar-refractivity contribution is 0.180. The van der Waals surface area contributed by atoms with Crippen molar-refractivity contribution in [1.82, 2.24) is 9.47 Å². The molecule has 2 atom stereocenters. The van der Waals surface area contributed by atoms with Crippen LogP contribution in [0.15, 0.2) is 41.2 Å². The molecule has 1 fully saturated rings. The molecule has 1 saturated heterocycles. The quantitative estimate of drug-likeness (QED) is 0.774. The van der Waals surface area contributed by atoms with E-state index in [2.05, 4.69) is 16.3 Å². The van der Waals surface area contributed by atoms with Gasteiger partial charge in [0.2, 0.25) is 0 Å². The largest absolute Gasteiger partial charge is 0.348 e. The number of anilines is 1. The van der Waals surface area contributed by atoms with E-state index in [9.17, 15) is 4.79 Å². The van der Waals surface area contributed by atoms with Crippen LogP contribution in [-0.2, 0) is 6.54 Å². The second kappa shape index (κ2) is 6.46. The van der Waals surface area contributed by atoms with Crippen molar-refractivity contribution in [2.75, 3.05) is 18.4 Å². The van der Waals surface area contributed by atoms with Crippen molar-refractivity contribution in [3.63, 3.8) is 0 Å². The van der Waals surface area contributed by atoms with Crippen LogP contribution < -0.4 is 10.9 Å². The number of benzene rings is 1. The van der Waals surface area contributed by atoms with Gasteiger partial charge in [-0.1, -0.05) is 23.7 Å². The van der Waals surface area contributed by atoms with E-state index < -0.39 is 0 Å². The number of hydrogen-bond acceptors (Lipinski definition) is 2. The molecular weight excluding hydrogens is 354 g/mol. The normalized spacial score (nSPS) is 21.6. The van der Waals surface area contributed by atoms with Gasteiger partial charge in [0.25, 0.3) is 5.56 Å². The minimum Gasteiger partial charge on any atom is -0.348 e. The molecule has 25 heavy (non-hydrogen) atoms. The van der Waals surface area contributed by atoms with Crippen molar-refractivity contribution in [2.24, 2.45) is 5.92 Å². The summed E-state index contributed by atoms with van der Waals surface area (Å²) in [4.78, 5) is 14.4. The van der Waals surface area contributed by atoms with Crippen molar-refractivity contribution in [1.29, 1.82) is 0 Å². The van der Waals surface area contributed by atoms with Crippen LogP contribution in [0, 0.1) is 12.8 Å². The van der Waals surface area contributed by atoms with E-state index in [0.717, 1.165) is 53.1 Å². The average Bonchev–Trinajstić information content (AvgIpc) is 2.60. The topological polar surface area (TPSA) is 37.3 Å². The molecule has 2 unspecified atom stereocenters. The van der Waals surface area contributed by atoms with Gasteiger partial charge in [-0.3, -0.25) is 4.79 Å². The number of pyridine rings is 1. The van der Waals surface area contributed by atoms with E-state index in [4.69, 9.17) is 23.8 Å². The highest BCUT2D eigenvalue weighted by atomic mass is 35.5. The SMILES string of the molecule is Cc1c(Cl)cccc1NC(=S)N1CC2CC(C1)c1cccc(=O)n1C2. The molecule has 1 N–H and O–H groups in total. The Balaban J connectivity index is 1.55. The number of rotatable bonds is 1. The predicted octanol–water partition coefficient (Wildman–Crippen LogP) is 3.63. The van der Waals surface area contributed by atoms with Crippen molar-refractivity contribution in [3.05, 3.63) is 63.0 Å². The number of likely N-dealkylation sites (tertiary alicyclic amines) is 1. The van der Waals surface area contributed by atoms with Crippen LogP contribution in [0.4, 0.5) is 5.69 Å². The monoisotopic (exact) mass is 373 g/mol. The number of piperidine rings is 1. The second-order valence-corrected chi connectivity index (χ2v) is 7.74. The van der Waals surface area contributed by atoms with Gasteiger partial charge in [-0.15, -0.1) is 0 Å². The highest BCUT2D eigenvalue weighted by molar-refractivity contribution is 7.80. The van der Waals surface area contributed by atoms with Gasteiger partial charge in [0.05, 0.1) is 0 Å². The Morgan fingerprint density at radius 2 is 2.00 bits per heavy atom. The number of nitrogens with one attached hydrogen (secondary N) is 1. The maximum atomic E-state index is 12.1. The van der Waals surface area contributed by atoms with Gasteiger partial charge >= 0.3 is 0 Å². The molecule has 2 aliphatic heterocycles. The summed E-state index contributed by atoms with van der Waals surface area (Å²) in [6.45, 7) is 4.48. The van der Waals surface area contributed by atoms with Crippen LogP contribution in [0.1, 0.15) is 23.6 Å². The van der Waals surface area contributed by atoms with Gasteiger partial charge in [0.15, 0.2) is 5.11 Å². The van der Waals surface area contributed by atoms with E-state index in [1.807, 2.05) is 35.8 Å².